The lowest BCUT2D eigenvalue weighted by molar-refractivity contribution is -0.300. The molecule has 1 saturated heterocycles. The molecule has 0 radical (unpaired) electrons. The van der Waals surface area contributed by atoms with Gasteiger partial charge in [0.1, 0.15) is 24.4 Å². The third-order valence-electron chi connectivity index (χ3n) is 3.44. The van der Waals surface area contributed by atoms with Gasteiger partial charge in [0.25, 0.3) is 0 Å². The van der Waals surface area contributed by atoms with Gasteiger partial charge >= 0.3 is 0 Å². The highest BCUT2D eigenvalue weighted by atomic mass is 16.7. The average molecular weight is 310 g/mol. The van der Waals surface area contributed by atoms with E-state index in [1.165, 1.54) is 6.08 Å². The molecular weight excluding hydrogens is 288 g/mol. The van der Waals surface area contributed by atoms with Crippen LogP contribution in [-0.4, -0.2) is 59.2 Å². The highest BCUT2D eigenvalue weighted by Gasteiger charge is 2.44. The second-order valence-corrected chi connectivity index (χ2v) is 5.14. The van der Waals surface area contributed by atoms with E-state index in [1.54, 1.807) is 0 Å². The SMILES string of the molecule is C=CCO[C@H]1O[C@H](COCc2ccccc2)[C@H](O)[C@H](O)[C@H]1O. The second-order valence-electron chi connectivity index (χ2n) is 5.14. The van der Waals surface area contributed by atoms with Crippen LogP contribution in [0.5, 0.6) is 0 Å². The molecule has 0 amide bonds. The number of hydrogen-bond acceptors (Lipinski definition) is 6. The Morgan fingerprint density at radius 1 is 1.09 bits per heavy atom. The van der Waals surface area contributed by atoms with Crippen molar-refractivity contribution in [3.63, 3.8) is 0 Å². The van der Waals surface area contributed by atoms with E-state index >= 15 is 0 Å². The van der Waals surface area contributed by atoms with Crippen molar-refractivity contribution < 1.29 is 29.5 Å². The smallest absolute Gasteiger partial charge is 0.187 e. The first kappa shape index (κ1) is 17.1. The van der Waals surface area contributed by atoms with Gasteiger partial charge in [-0.1, -0.05) is 36.4 Å². The molecule has 1 aromatic carbocycles. The van der Waals surface area contributed by atoms with E-state index < -0.39 is 30.7 Å². The molecule has 1 aliphatic rings. The van der Waals surface area contributed by atoms with Crippen molar-refractivity contribution in [1.82, 2.24) is 0 Å². The maximum Gasteiger partial charge on any atom is 0.187 e. The summed E-state index contributed by atoms with van der Waals surface area (Å²) in [6, 6.07) is 9.57. The van der Waals surface area contributed by atoms with Crippen LogP contribution in [0.2, 0.25) is 0 Å². The minimum absolute atomic E-state index is 0.0772. The molecule has 0 bridgehead atoms. The topological polar surface area (TPSA) is 88.4 Å². The monoisotopic (exact) mass is 310 g/mol. The van der Waals surface area contributed by atoms with Crippen molar-refractivity contribution in [3.8, 4) is 0 Å². The standard InChI is InChI=1S/C16H22O6/c1-2-8-21-16-15(19)14(18)13(17)12(22-16)10-20-9-11-6-4-3-5-7-11/h2-7,12-19H,1,8-10H2/t12-,13+,14+,15-,16+/m1/s1. The van der Waals surface area contributed by atoms with E-state index in [4.69, 9.17) is 14.2 Å². The van der Waals surface area contributed by atoms with Crippen LogP contribution in [0.15, 0.2) is 43.0 Å². The lowest BCUT2D eigenvalue weighted by Crippen LogP contribution is -2.59. The van der Waals surface area contributed by atoms with Gasteiger partial charge in [-0.15, -0.1) is 6.58 Å². The first-order valence-corrected chi connectivity index (χ1v) is 7.17. The van der Waals surface area contributed by atoms with Gasteiger partial charge in [-0.05, 0) is 5.56 Å². The van der Waals surface area contributed by atoms with Crippen molar-refractivity contribution in [2.75, 3.05) is 13.2 Å². The summed E-state index contributed by atoms with van der Waals surface area (Å²) in [7, 11) is 0. The van der Waals surface area contributed by atoms with Crippen LogP contribution in [-0.2, 0) is 20.8 Å². The molecule has 0 spiro atoms. The Hall–Kier alpha value is -1.28. The summed E-state index contributed by atoms with van der Waals surface area (Å²) in [6.45, 7) is 4.12. The summed E-state index contributed by atoms with van der Waals surface area (Å²) in [4.78, 5) is 0. The van der Waals surface area contributed by atoms with Crippen LogP contribution in [0.3, 0.4) is 0 Å². The Bertz CT molecular complexity index is 451. The number of ether oxygens (including phenoxy) is 3. The highest BCUT2D eigenvalue weighted by molar-refractivity contribution is 5.13. The highest BCUT2D eigenvalue weighted by Crippen LogP contribution is 2.22. The molecular formula is C16H22O6. The van der Waals surface area contributed by atoms with Gasteiger partial charge in [-0.3, -0.25) is 0 Å². The number of rotatable bonds is 7. The van der Waals surface area contributed by atoms with Gasteiger partial charge in [0.15, 0.2) is 6.29 Å². The molecule has 6 nitrogen and oxygen atoms in total. The van der Waals surface area contributed by atoms with Crippen molar-refractivity contribution in [2.45, 2.75) is 37.3 Å². The number of benzene rings is 1. The maximum absolute atomic E-state index is 9.96. The molecule has 0 aromatic heterocycles. The van der Waals surface area contributed by atoms with Gasteiger partial charge < -0.3 is 29.5 Å². The predicted octanol–water partition coefficient (Wildman–Crippen LogP) is 0.213. The summed E-state index contributed by atoms with van der Waals surface area (Å²) in [5, 5.41) is 29.6. The van der Waals surface area contributed by atoms with E-state index in [9.17, 15) is 15.3 Å². The molecule has 0 aliphatic carbocycles. The average Bonchev–Trinajstić information content (AvgIpc) is 2.55. The second kappa shape index (κ2) is 8.38. The Morgan fingerprint density at radius 2 is 1.82 bits per heavy atom. The van der Waals surface area contributed by atoms with Gasteiger partial charge in [0.2, 0.25) is 0 Å². The fourth-order valence-electron chi connectivity index (χ4n) is 2.22. The Balaban J connectivity index is 1.86. The third kappa shape index (κ3) is 4.36. The predicted molar refractivity (Wildman–Crippen MR) is 78.9 cm³/mol. The summed E-state index contributed by atoms with van der Waals surface area (Å²) in [5.74, 6) is 0. The maximum atomic E-state index is 9.96. The van der Waals surface area contributed by atoms with E-state index in [1.807, 2.05) is 30.3 Å². The minimum atomic E-state index is -1.35. The van der Waals surface area contributed by atoms with E-state index in [0.717, 1.165) is 5.56 Å². The molecule has 3 N–H and O–H groups in total. The van der Waals surface area contributed by atoms with E-state index in [0.29, 0.717) is 6.61 Å². The van der Waals surface area contributed by atoms with Gasteiger partial charge in [0, 0.05) is 0 Å². The van der Waals surface area contributed by atoms with Crippen LogP contribution in [0.1, 0.15) is 5.56 Å². The van der Waals surface area contributed by atoms with Gasteiger partial charge in [-0.25, -0.2) is 0 Å². The van der Waals surface area contributed by atoms with Crippen molar-refractivity contribution in [2.24, 2.45) is 0 Å². The van der Waals surface area contributed by atoms with Crippen LogP contribution >= 0.6 is 0 Å². The first-order valence-electron chi connectivity index (χ1n) is 7.17. The summed E-state index contributed by atoms with van der Waals surface area (Å²) < 4.78 is 16.2. The first-order chi connectivity index (χ1) is 10.6. The fourth-order valence-corrected chi connectivity index (χ4v) is 2.22. The lowest BCUT2D eigenvalue weighted by Gasteiger charge is -2.40. The molecule has 1 aliphatic heterocycles. The molecule has 2 rings (SSSR count). The van der Waals surface area contributed by atoms with Crippen LogP contribution in [0, 0.1) is 0 Å². The molecule has 0 saturated carbocycles. The zero-order chi connectivity index (χ0) is 15.9. The van der Waals surface area contributed by atoms with Crippen LogP contribution < -0.4 is 0 Å². The van der Waals surface area contributed by atoms with Crippen molar-refractivity contribution >= 4 is 0 Å². The normalized spacial score (nSPS) is 31.9. The molecule has 1 fully saturated rings. The molecule has 6 heteroatoms. The summed E-state index contributed by atoms with van der Waals surface area (Å²) in [5.41, 5.74) is 0.993. The third-order valence-corrected chi connectivity index (χ3v) is 3.44. The molecule has 5 atom stereocenters. The van der Waals surface area contributed by atoms with E-state index in [2.05, 4.69) is 6.58 Å². The van der Waals surface area contributed by atoms with Gasteiger partial charge in [0.05, 0.1) is 19.8 Å². The summed E-state index contributed by atoms with van der Waals surface area (Å²) >= 11 is 0. The fraction of sp³-hybridized carbons (Fsp3) is 0.500. The number of aliphatic hydroxyl groups excluding tert-OH is 3. The Labute approximate surface area is 129 Å². The van der Waals surface area contributed by atoms with E-state index in [-0.39, 0.29) is 13.2 Å². The molecule has 1 heterocycles. The zero-order valence-electron chi connectivity index (χ0n) is 12.2. The van der Waals surface area contributed by atoms with Crippen LogP contribution in [0.4, 0.5) is 0 Å². The minimum Gasteiger partial charge on any atom is -0.387 e. The Morgan fingerprint density at radius 3 is 2.50 bits per heavy atom. The van der Waals surface area contributed by atoms with Crippen LogP contribution in [0.25, 0.3) is 0 Å². The molecule has 1 aromatic rings. The molecule has 0 unspecified atom stereocenters. The van der Waals surface area contributed by atoms with Gasteiger partial charge in [-0.2, -0.15) is 0 Å². The van der Waals surface area contributed by atoms with Crippen molar-refractivity contribution in [1.29, 1.82) is 0 Å². The molecule has 122 valence electrons. The largest absolute Gasteiger partial charge is 0.387 e. The summed E-state index contributed by atoms with van der Waals surface area (Å²) in [6.07, 6.45) is -4.21. The Kier molecular flexibility index (Phi) is 6.50. The molecule has 22 heavy (non-hydrogen) atoms. The lowest BCUT2D eigenvalue weighted by atomic mass is 9.99. The quantitative estimate of drug-likeness (QED) is 0.624. The number of hydrogen-bond donors (Lipinski definition) is 3. The van der Waals surface area contributed by atoms with Crippen molar-refractivity contribution in [3.05, 3.63) is 48.6 Å². The zero-order valence-corrected chi connectivity index (χ0v) is 12.2. The number of aliphatic hydroxyl groups is 3.